The van der Waals surface area contributed by atoms with E-state index >= 15 is 0 Å². The highest BCUT2D eigenvalue weighted by Crippen LogP contribution is 2.28. The molecule has 1 aliphatic heterocycles. The molecule has 0 spiro atoms. The Kier molecular flexibility index (Phi) is 3.99. The van der Waals surface area contributed by atoms with E-state index in [0.29, 0.717) is 5.56 Å². The second kappa shape index (κ2) is 6.45. The molecule has 124 valence electrons. The van der Waals surface area contributed by atoms with Crippen LogP contribution in [-0.2, 0) is 19.4 Å². The average molecular weight is 328 g/mol. The molecule has 2 aromatic carbocycles. The van der Waals surface area contributed by atoms with Crippen LogP contribution >= 0.6 is 0 Å². The van der Waals surface area contributed by atoms with Crippen LogP contribution in [-0.4, -0.2) is 23.1 Å². The Balaban J connectivity index is 1.55. The van der Waals surface area contributed by atoms with Crippen molar-refractivity contribution in [3.63, 3.8) is 0 Å². The largest absolute Gasteiger partial charge is 0.374 e. The summed E-state index contributed by atoms with van der Waals surface area (Å²) in [5, 5.41) is 9.06. The number of hydrogen-bond acceptors (Lipinski definition) is 3. The van der Waals surface area contributed by atoms with Crippen molar-refractivity contribution in [3.05, 3.63) is 82.9 Å². The van der Waals surface area contributed by atoms with Gasteiger partial charge < -0.3 is 9.47 Å². The summed E-state index contributed by atoms with van der Waals surface area (Å²) in [5.41, 5.74) is 5.89. The van der Waals surface area contributed by atoms with Crippen LogP contribution in [0.3, 0.4) is 0 Å². The number of likely N-dealkylation sites (N-methyl/N-ethyl adjacent to an activating group) is 1. The fraction of sp³-hybridized carbons (Fsp3) is 0.238. The molecule has 1 aromatic heterocycles. The predicted molar refractivity (Wildman–Crippen MR) is 98.7 cm³/mol. The standard InChI is InChI=1S/C21H20N4/c1-24-9-7-19-12-16(5-6-20(19)24)13-21-23-8-10-25(21)15-18-4-2-3-17(11-18)14-22/h2-6,8,10-12H,7,9,13,15H2,1H3. The van der Waals surface area contributed by atoms with Crippen molar-refractivity contribution in [1.29, 1.82) is 5.26 Å². The van der Waals surface area contributed by atoms with Crippen molar-refractivity contribution in [1.82, 2.24) is 9.55 Å². The zero-order valence-electron chi connectivity index (χ0n) is 14.3. The van der Waals surface area contributed by atoms with Crippen LogP contribution in [0.4, 0.5) is 5.69 Å². The first-order chi connectivity index (χ1) is 12.2. The fourth-order valence-electron chi connectivity index (χ4n) is 3.50. The van der Waals surface area contributed by atoms with Crippen LogP contribution in [0.2, 0.25) is 0 Å². The normalized spacial score (nSPS) is 12.9. The molecule has 2 heterocycles. The number of anilines is 1. The molecule has 0 bridgehead atoms. The van der Waals surface area contributed by atoms with E-state index in [1.54, 1.807) is 0 Å². The van der Waals surface area contributed by atoms with Crippen molar-refractivity contribution in [2.45, 2.75) is 19.4 Å². The number of nitrogens with zero attached hydrogens (tertiary/aromatic N) is 4. The summed E-state index contributed by atoms with van der Waals surface area (Å²) in [4.78, 5) is 6.85. The zero-order chi connectivity index (χ0) is 17.2. The predicted octanol–water partition coefficient (Wildman–Crippen LogP) is 3.39. The lowest BCUT2D eigenvalue weighted by atomic mass is 10.1. The number of aromatic nitrogens is 2. The Bertz CT molecular complexity index is 949. The lowest BCUT2D eigenvalue weighted by Gasteiger charge is -2.12. The zero-order valence-corrected chi connectivity index (χ0v) is 14.3. The van der Waals surface area contributed by atoms with Gasteiger partial charge in [0.1, 0.15) is 5.82 Å². The maximum absolute atomic E-state index is 9.06. The highest BCUT2D eigenvalue weighted by Gasteiger charge is 2.16. The van der Waals surface area contributed by atoms with E-state index in [9.17, 15) is 0 Å². The van der Waals surface area contributed by atoms with E-state index < -0.39 is 0 Å². The third kappa shape index (κ3) is 3.14. The van der Waals surface area contributed by atoms with E-state index in [-0.39, 0.29) is 0 Å². The van der Waals surface area contributed by atoms with E-state index in [0.717, 1.165) is 37.3 Å². The number of imidazole rings is 1. The number of hydrogen-bond donors (Lipinski definition) is 0. The summed E-state index contributed by atoms with van der Waals surface area (Å²) in [6.07, 6.45) is 5.80. The van der Waals surface area contributed by atoms with Crippen molar-refractivity contribution >= 4 is 5.69 Å². The Morgan fingerprint density at radius 1 is 1.16 bits per heavy atom. The smallest absolute Gasteiger partial charge is 0.113 e. The highest BCUT2D eigenvalue weighted by atomic mass is 15.1. The molecule has 0 fully saturated rings. The summed E-state index contributed by atoms with van der Waals surface area (Å²) < 4.78 is 2.16. The molecule has 0 radical (unpaired) electrons. The molecule has 3 aromatic rings. The molecule has 0 saturated heterocycles. The Morgan fingerprint density at radius 2 is 2.08 bits per heavy atom. The van der Waals surface area contributed by atoms with E-state index in [1.165, 1.54) is 16.8 Å². The molecular weight excluding hydrogens is 308 g/mol. The quantitative estimate of drug-likeness (QED) is 0.737. The van der Waals surface area contributed by atoms with Gasteiger partial charge in [-0.05, 0) is 41.3 Å². The van der Waals surface area contributed by atoms with E-state index in [4.69, 9.17) is 5.26 Å². The lowest BCUT2D eigenvalue weighted by Crippen LogP contribution is -2.12. The molecule has 0 saturated carbocycles. The first kappa shape index (κ1) is 15.5. The van der Waals surface area contributed by atoms with Gasteiger partial charge in [0, 0.05) is 44.6 Å². The Hall–Kier alpha value is -3.06. The van der Waals surface area contributed by atoms with Gasteiger partial charge in [-0.3, -0.25) is 0 Å². The number of benzene rings is 2. The van der Waals surface area contributed by atoms with Crippen LogP contribution in [0.15, 0.2) is 54.9 Å². The number of fused-ring (bicyclic) bond motifs is 1. The van der Waals surface area contributed by atoms with Gasteiger partial charge in [0.25, 0.3) is 0 Å². The minimum absolute atomic E-state index is 0.696. The van der Waals surface area contributed by atoms with Gasteiger partial charge in [-0.25, -0.2) is 4.98 Å². The van der Waals surface area contributed by atoms with Crippen molar-refractivity contribution < 1.29 is 0 Å². The molecule has 25 heavy (non-hydrogen) atoms. The van der Waals surface area contributed by atoms with Gasteiger partial charge in [-0.15, -0.1) is 0 Å². The molecule has 0 N–H and O–H groups in total. The molecule has 4 rings (SSSR count). The van der Waals surface area contributed by atoms with Crippen LogP contribution in [0, 0.1) is 11.3 Å². The third-order valence-corrected chi connectivity index (χ3v) is 4.84. The van der Waals surface area contributed by atoms with Gasteiger partial charge in [-0.1, -0.05) is 24.3 Å². The third-order valence-electron chi connectivity index (χ3n) is 4.84. The summed E-state index contributed by atoms with van der Waals surface area (Å²) in [6, 6.07) is 16.7. The topological polar surface area (TPSA) is 44.9 Å². The molecule has 4 nitrogen and oxygen atoms in total. The minimum atomic E-state index is 0.696. The Labute approximate surface area is 148 Å². The fourth-order valence-corrected chi connectivity index (χ4v) is 3.50. The molecule has 0 atom stereocenters. The van der Waals surface area contributed by atoms with Crippen LogP contribution in [0.25, 0.3) is 0 Å². The molecule has 1 aliphatic rings. The van der Waals surface area contributed by atoms with Crippen molar-refractivity contribution in [3.8, 4) is 6.07 Å². The first-order valence-corrected chi connectivity index (χ1v) is 8.55. The number of rotatable bonds is 4. The van der Waals surface area contributed by atoms with Gasteiger partial charge in [-0.2, -0.15) is 5.26 Å². The summed E-state index contributed by atoms with van der Waals surface area (Å²) in [7, 11) is 2.15. The van der Waals surface area contributed by atoms with Gasteiger partial charge >= 0.3 is 0 Å². The maximum atomic E-state index is 9.06. The first-order valence-electron chi connectivity index (χ1n) is 8.55. The summed E-state index contributed by atoms with van der Waals surface area (Å²) in [5.74, 6) is 1.05. The molecule has 0 aliphatic carbocycles. The second-order valence-corrected chi connectivity index (χ2v) is 6.59. The van der Waals surface area contributed by atoms with Crippen LogP contribution < -0.4 is 4.90 Å². The second-order valence-electron chi connectivity index (χ2n) is 6.59. The lowest BCUT2D eigenvalue weighted by molar-refractivity contribution is 0.740. The van der Waals surface area contributed by atoms with Crippen molar-refractivity contribution in [2.75, 3.05) is 18.5 Å². The maximum Gasteiger partial charge on any atom is 0.113 e. The average Bonchev–Trinajstić information content (AvgIpc) is 3.22. The van der Waals surface area contributed by atoms with Crippen molar-refractivity contribution in [2.24, 2.45) is 0 Å². The summed E-state index contributed by atoms with van der Waals surface area (Å²) >= 11 is 0. The minimum Gasteiger partial charge on any atom is -0.374 e. The summed E-state index contributed by atoms with van der Waals surface area (Å²) in [6.45, 7) is 1.83. The molecule has 4 heteroatoms. The highest BCUT2D eigenvalue weighted by molar-refractivity contribution is 5.58. The van der Waals surface area contributed by atoms with Gasteiger partial charge in [0.15, 0.2) is 0 Å². The van der Waals surface area contributed by atoms with E-state index in [2.05, 4.69) is 51.8 Å². The number of nitriles is 1. The van der Waals surface area contributed by atoms with Crippen LogP contribution in [0.1, 0.15) is 28.1 Å². The monoisotopic (exact) mass is 328 g/mol. The molecule has 0 unspecified atom stereocenters. The van der Waals surface area contributed by atoms with Gasteiger partial charge in [0.2, 0.25) is 0 Å². The molecular formula is C21H20N4. The van der Waals surface area contributed by atoms with Gasteiger partial charge in [0.05, 0.1) is 11.6 Å². The van der Waals surface area contributed by atoms with Crippen LogP contribution in [0.5, 0.6) is 0 Å². The van der Waals surface area contributed by atoms with E-state index in [1.807, 2.05) is 30.6 Å². The Morgan fingerprint density at radius 3 is 2.96 bits per heavy atom. The molecule has 0 amide bonds. The SMILES string of the molecule is CN1CCc2cc(Cc3nccn3Cc3cccc(C#N)c3)ccc21.